The minimum Gasteiger partial charge on any atom is -0.330 e. The zero-order chi connectivity index (χ0) is 5.86. The van der Waals surface area contributed by atoms with Crippen LogP contribution in [0, 0.1) is 0 Å². The van der Waals surface area contributed by atoms with Gasteiger partial charge in [0, 0.05) is 10.5 Å². The Morgan fingerprint density at radius 2 is 2.00 bits per heavy atom. The lowest BCUT2D eigenvalue weighted by Crippen LogP contribution is -2.07. The van der Waals surface area contributed by atoms with Crippen LogP contribution in [0.5, 0.6) is 0 Å². The molecular weight excluding hydrogens is 128 g/mol. The van der Waals surface area contributed by atoms with E-state index in [-0.39, 0.29) is 10.5 Å². The van der Waals surface area contributed by atoms with Gasteiger partial charge in [-0.15, -0.1) is 0 Å². The first kappa shape index (κ1) is 7.66. The molecule has 0 aliphatic rings. The van der Waals surface area contributed by atoms with Gasteiger partial charge < -0.3 is 4.55 Å². The molecule has 0 spiro atoms. The predicted molar refractivity (Wildman–Crippen MR) is 38.1 cm³/mol. The van der Waals surface area contributed by atoms with E-state index < -0.39 is 0 Å². The van der Waals surface area contributed by atoms with Crippen molar-refractivity contribution in [2.24, 2.45) is 0 Å². The highest BCUT2D eigenvalue weighted by atomic mass is 32.2. The van der Waals surface area contributed by atoms with E-state index in [1.165, 1.54) is 0 Å². The molecule has 7 heavy (non-hydrogen) atoms. The highest BCUT2D eigenvalue weighted by Gasteiger charge is 2.04. The zero-order valence-corrected chi connectivity index (χ0v) is 6.17. The van der Waals surface area contributed by atoms with Crippen LogP contribution < -0.4 is 0 Å². The van der Waals surface area contributed by atoms with Gasteiger partial charge in [-0.3, -0.25) is 0 Å². The first-order valence-corrected chi connectivity index (χ1v) is 3.52. The molecule has 1 N–H and O–H groups in total. The number of rotatable bonds is 2. The molecule has 0 aromatic rings. The van der Waals surface area contributed by atoms with Gasteiger partial charge in [0.05, 0.1) is 0 Å². The Labute approximate surface area is 54.1 Å². The van der Waals surface area contributed by atoms with Crippen molar-refractivity contribution in [2.75, 3.05) is 0 Å². The molecule has 0 aromatic carbocycles. The Morgan fingerprint density at radius 1 is 1.57 bits per heavy atom. The Bertz CT molecular complexity index is 47.0. The highest BCUT2D eigenvalue weighted by Crippen LogP contribution is 2.12. The third kappa shape index (κ3) is 3.26. The van der Waals surface area contributed by atoms with E-state index in [2.05, 4.69) is 12.6 Å². The van der Waals surface area contributed by atoms with Crippen molar-refractivity contribution in [3.63, 3.8) is 0 Å². The van der Waals surface area contributed by atoms with Crippen LogP contribution >= 0.6 is 24.7 Å². The van der Waals surface area contributed by atoms with E-state index in [0.29, 0.717) is 0 Å². The molecule has 0 aliphatic carbocycles. The Hall–Kier alpha value is 0.660. The fourth-order valence-corrected chi connectivity index (χ4v) is 0.428. The number of hydrogen-bond acceptors (Lipinski definition) is 3. The molecule has 44 valence electrons. The van der Waals surface area contributed by atoms with E-state index in [9.17, 15) is 0 Å². The molecule has 0 rings (SSSR count). The molecule has 1 nitrogen and oxygen atoms in total. The summed E-state index contributed by atoms with van der Waals surface area (Å²) in [6, 6.07) is 0. The Kier molecular flexibility index (Phi) is 3.98. The highest BCUT2D eigenvalue weighted by molar-refractivity contribution is 7.95. The summed E-state index contributed by atoms with van der Waals surface area (Å²) in [4.78, 5) is 0. The molecule has 2 unspecified atom stereocenters. The minimum absolute atomic E-state index is 0.239. The second kappa shape index (κ2) is 3.64. The SMILES string of the molecule is CC(S)C(C)SO. The first-order valence-electron chi connectivity index (χ1n) is 2.16. The summed E-state index contributed by atoms with van der Waals surface area (Å²) in [5.41, 5.74) is 0. The van der Waals surface area contributed by atoms with Gasteiger partial charge in [-0.25, -0.2) is 0 Å². The van der Waals surface area contributed by atoms with Crippen LogP contribution in [0.2, 0.25) is 0 Å². The van der Waals surface area contributed by atoms with Crippen LogP contribution in [0.15, 0.2) is 0 Å². The van der Waals surface area contributed by atoms with E-state index in [1.807, 2.05) is 13.8 Å². The van der Waals surface area contributed by atoms with Crippen molar-refractivity contribution >= 4 is 24.7 Å². The Morgan fingerprint density at radius 3 is 2.00 bits per heavy atom. The summed E-state index contributed by atoms with van der Waals surface area (Å²) >= 11 is 4.95. The number of thiol groups is 1. The summed E-state index contributed by atoms with van der Waals surface area (Å²) in [6.45, 7) is 3.89. The van der Waals surface area contributed by atoms with Crippen molar-refractivity contribution in [3.05, 3.63) is 0 Å². The second-order valence-corrected chi connectivity index (χ2v) is 3.32. The van der Waals surface area contributed by atoms with Crippen molar-refractivity contribution in [1.82, 2.24) is 0 Å². The summed E-state index contributed by atoms with van der Waals surface area (Å²) in [7, 11) is 0. The van der Waals surface area contributed by atoms with Crippen LogP contribution in [-0.4, -0.2) is 15.1 Å². The maximum atomic E-state index is 8.37. The quantitative estimate of drug-likeness (QED) is 0.449. The maximum absolute atomic E-state index is 8.37. The lowest BCUT2D eigenvalue weighted by Gasteiger charge is -2.07. The van der Waals surface area contributed by atoms with Crippen LogP contribution in [-0.2, 0) is 0 Å². The second-order valence-electron chi connectivity index (χ2n) is 1.55. The van der Waals surface area contributed by atoms with E-state index >= 15 is 0 Å². The van der Waals surface area contributed by atoms with Gasteiger partial charge in [-0.1, -0.05) is 13.8 Å². The molecule has 0 aromatic heterocycles. The van der Waals surface area contributed by atoms with Crippen LogP contribution in [0.25, 0.3) is 0 Å². The molecule has 0 aliphatic heterocycles. The smallest absolute Gasteiger partial charge is 0.0394 e. The Balaban J connectivity index is 3.14. The molecular formula is C4H10OS2. The van der Waals surface area contributed by atoms with Gasteiger partial charge in [0.2, 0.25) is 0 Å². The maximum Gasteiger partial charge on any atom is 0.0394 e. The predicted octanol–water partition coefficient (Wildman–Crippen LogP) is 1.90. The van der Waals surface area contributed by atoms with E-state index in [4.69, 9.17) is 4.55 Å². The molecule has 0 saturated heterocycles. The zero-order valence-electron chi connectivity index (χ0n) is 4.46. The lowest BCUT2D eigenvalue weighted by atomic mass is 10.4. The summed E-state index contributed by atoms with van der Waals surface area (Å²) in [5, 5.41) is 0.512. The molecule has 0 radical (unpaired) electrons. The molecule has 0 fully saturated rings. The van der Waals surface area contributed by atoms with Gasteiger partial charge in [-0.2, -0.15) is 12.6 Å². The molecule has 3 heteroatoms. The summed E-state index contributed by atoms with van der Waals surface area (Å²) in [6.07, 6.45) is 0. The normalized spacial score (nSPS) is 18.9. The fraction of sp³-hybridized carbons (Fsp3) is 1.00. The van der Waals surface area contributed by atoms with Gasteiger partial charge >= 0.3 is 0 Å². The van der Waals surface area contributed by atoms with Gasteiger partial charge in [0.25, 0.3) is 0 Å². The molecule has 2 atom stereocenters. The standard InChI is InChI=1S/C4H10OS2/c1-3(6)4(2)7-5/h3-6H,1-2H3. The summed E-state index contributed by atoms with van der Waals surface area (Å²) in [5.74, 6) is 0. The van der Waals surface area contributed by atoms with Crippen molar-refractivity contribution in [3.8, 4) is 0 Å². The topological polar surface area (TPSA) is 20.2 Å². The van der Waals surface area contributed by atoms with Crippen LogP contribution in [0.4, 0.5) is 0 Å². The van der Waals surface area contributed by atoms with Gasteiger partial charge in [0.15, 0.2) is 0 Å². The van der Waals surface area contributed by atoms with Crippen molar-refractivity contribution in [1.29, 1.82) is 0 Å². The largest absolute Gasteiger partial charge is 0.330 e. The molecule has 0 heterocycles. The lowest BCUT2D eigenvalue weighted by molar-refractivity contribution is 0.650. The molecule has 0 amide bonds. The van der Waals surface area contributed by atoms with Crippen LogP contribution in [0.1, 0.15) is 13.8 Å². The van der Waals surface area contributed by atoms with Crippen LogP contribution in [0.3, 0.4) is 0 Å². The van der Waals surface area contributed by atoms with E-state index in [0.717, 1.165) is 12.0 Å². The third-order valence-electron chi connectivity index (χ3n) is 0.846. The third-order valence-corrected chi connectivity index (χ3v) is 2.24. The van der Waals surface area contributed by atoms with E-state index in [1.54, 1.807) is 0 Å². The van der Waals surface area contributed by atoms with Gasteiger partial charge in [0.1, 0.15) is 0 Å². The van der Waals surface area contributed by atoms with Crippen molar-refractivity contribution < 1.29 is 4.55 Å². The minimum atomic E-state index is 0.239. The fourth-order valence-electron chi connectivity index (χ4n) is 0.0881. The van der Waals surface area contributed by atoms with Crippen molar-refractivity contribution in [2.45, 2.75) is 24.3 Å². The molecule has 0 saturated carbocycles. The average Bonchev–Trinajstić information content (AvgIpc) is 1.65. The number of hydrogen-bond donors (Lipinski definition) is 2. The first-order chi connectivity index (χ1) is 3.18. The average molecular weight is 138 g/mol. The van der Waals surface area contributed by atoms with Gasteiger partial charge in [-0.05, 0) is 12.0 Å². The molecule has 0 bridgehead atoms. The monoisotopic (exact) mass is 138 g/mol. The summed E-state index contributed by atoms with van der Waals surface area (Å²) < 4.78 is 8.37.